The van der Waals surface area contributed by atoms with Crippen LogP contribution in [-0.4, -0.2) is 31.0 Å². The Labute approximate surface area is 138 Å². The van der Waals surface area contributed by atoms with Crippen LogP contribution in [-0.2, 0) is 4.79 Å². The molecule has 1 atom stereocenters. The first-order valence-corrected chi connectivity index (χ1v) is 8.44. The van der Waals surface area contributed by atoms with Crippen molar-refractivity contribution in [3.63, 3.8) is 0 Å². The van der Waals surface area contributed by atoms with Crippen LogP contribution in [0, 0.1) is 0 Å². The summed E-state index contributed by atoms with van der Waals surface area (Å²) < 4.78 is 5.27. The van der Waals surface area contributed by atoms with Gasteiger partial charge in [-0.25, -0.2) is 0 Å². The van der Waals surface area contributed by atoms with Crippen molar-refractivity contribution in [2.45, 2.75) is 44.6 Å². The Morgan fingerprint density at radius 2 is 1.78 bits per heavy atom. The van der Waals surface area contributed by atoms with Crippen molar-refractivity contribution in [1.82, 2.24) is 4.90 Å². The van der Waals surface area contributed by atoms with E-state index in [2.05, 4.69) is 24.3 Å². The van der Waals surface area contributed by atoms with Gasteiger partial charge in [-0.05, 0) is 48.2 Å². The molecule has 0 aromatic heterocycles. The highest BCUT2D eigenvalue weighted by Gasteiger charge is 2.27. The van der Waals surface area contributed by atoms with E-state index in [1.54, 1.807) is 7.11 Å². The Bertz CT molecular complexity index is 704. The number of hydrogen-bond acceptors (Lipinski definition) is 2. The Hall–Kier alpha value is -2.03. The first-order chi connectivity index (χ1) is 11.1. The summed E-state index contributed by atoms with van der Waals surface area (Å²) in [6.07, 6.45) is 4.78. The summed E-state index contributed by atoms with van der Waals surface area (Å²) in [7, 11) is 3.63. The van der Waals surface area contributed by atoms with E-state index in [4.69, 9.17) is 4.74 Å². The lowest BCUT2D eigenvalue weighted by atomic mass is 9.96. The van der Waals surface area contributed by atoms with Crippen molar-refractivity contribution in [2.75, 3.05) is 14.2 Å². The second kappa shape index (κ2) is 6.61. The van der Waals surface area contributed by atoms with Gasteiger partial charge in [0.2, 0.25) is 5.91 Å². The normalized spacial score (nSPS) is 16.5. The van der Waals surface area contributed by atoms with Crippen molar-refractivity contribution in [1.29, 1.82) is 0 Å². The Morgan fingerprint density at radius 3 is 2.48 bits per heavy atom. The van der Waals surface area contributed by atoms with Crippen LogP contribution in [0.1, 0.15) is 44.1 Å². The van der Waals surface area contributed by atoms with Crippen LogP contribution in [0.2, 0.25) is 0 Å². The van der Waals surface area contributed by atoms with Gasteiger partial charge in [0.1, 0.15) is 5.75 Å². The van der Waals surface area contributed by atoms with Crippen molar-refractivity contribution < 1.29 is 9.53 Å². The molecule has 3 rings (SSSR count). The fourth-order valence-corrected chi connectivity index (χ4v) is 3.56. The summed E-state index contributed by atoms with van der Waals surface area (Å²) in [6.45, 7) is 2.01. The molecule has 0 radical (unpaired) electrons. The molecule has 1 fully saturated rings. The lowest BCUT2D eigenvalue weighted by Crippen LogP contribution is -2.37. The average Bonchev–Trinajstić information content (AvgIpc) is 3.13. The Morgan fingerprint density at radius 1 is 1.13 bits per heavy atom. The van der Waals surface area contributed by atoms with Crippen LogP contribution in [0.25, 0.3) is 10.8 Å². The number of amides is 1. The van der Waals surface area contributed by atoms with Gasteiger partial charge in [0.15, 0.2) is 0 Å². The molecule has 1 aliphatic rings. The van der Waals surface area contributed by atoms with Crippen LogP contribution in [0.15, 0.2) is 36.4 Å². The number of carbonyl (C=O) groups is 1. The van der Waals surface area contributed by atoms with Crippen LogP contribution < -0.4 is 4.74 Å². The molecule has 0 saturated heterocycles. The molecule has 1 saturated carbocycles. The molecule has 0 unspecified atom stereocenters. The van der Waals surface area contributed by atoms with Gasteiger partial charge >= 0.3 is 0 Å². The maximum atomic E-state index is 12.8. The molecule has 3 nitrogen and oxygen atoms in total. The van der Waals surface area contributed by atoms with Gasteiger partial charge in [-0.3, -0.25) is 4.79 Å². The minimum absolute atomic E-state index is 0.105. The molecular formula is C20H25NO2. The maximum absolute atomic E-state index is 12.8. The molecule has 0 spiro atoms. The zero-order valence-corrected chi connectivity index (χ0v) is 14.2. The first-order valence-electron chi connectivity index (χ1n) is 8.44. The maximum Gasteiger partial charge on any atom is 0.229 e. The molecule has 122 valence electrons. The monoisotopic (exact) mass is 311 g/mol. The van der Waals surface area contributed by atoms with Gasteiger partial charge in [0, 0.05) is 13.1 Å². The summed E-state index contributed by atoms with van der Waals surface area (Å²) in [5.41, 5.74) is 1.08. The summed E-state index contributed by atoms with van der Waals surface area (Å²) in [6, 6.07) is 12.7. The van der Waals surface area contributed by atoms with Gasteiger partial charge in [0.25, 0.3) is 0 Å². The molecule has 0 aliphatic heterocycles. The third-order valence-corrected chi connectivity index (χ3v) is 5.16. The predicted molar refractivity (Wildman–Crippen MR) is 93.9 cm³/mol. The Kier molecular flexibility index (Phi) is 4.56. The quantitative estimate of drug-likeness (QED) is 0.840. The standard InChI is InChI=1S/C20H25NO2/c1-14(20(22)21(2)18-6-4-5-7-18)15-8-9-17-13-19(23-3)11-10-16(17)12-15/h8-14,18H,4-7H2,1-3H3/t14-/m0/s1. The van der Waals surface area contributed by atoms with Crippen LogP contribution in [0.3, 0.4) is 0 Å². The first kappa shape index (κ1) is 15.9. The molecule has 1 aliphatic carbocycles. The molecular weight excluding hydrogens is 286 g/mol. The van der Waals surface area contributed by atoms with Crippen molar-refractivity contribution in [3.05, 3.63) is 42.0 Å². The molecule has 0 bridgehead atoms. The topological polar surface area (TPSA) is 29.5 Å². The second-order valence-electron chi connectivity index (χ2n) is 6.58. The zero-order chi connectivity index (χ0) is 16.4. The van der Waals surface area contributed by atoms with Crippen molar-refractivity contribution >= 4 is 16.7 Å². The number of nitrogens with zero attached hydrogens (tertiary/aromatic N) is 1. The molecule has 0 N–H and O–H groups in total. The summed E-state index contributed by atoms with van der Waals surface area (Å²) in [4.78, 5) is 14.7. The molecule has 3 heteroatoms. The number of ether oxygens (including phenoxy) is 1. The van der Waals surface area contributed by atoms with E-state index in [0.29, 0.717) is 6.04 Å². The largest absolute Gasteiger partial charge is 0.497 e. The number of likely N-dealkylation sites (N-methyl/N-ethyl adjacent to an activating group) is 1. The van der Waals surface area contributed by atoms with Gasteiger partial charge in [-0.2, -0.15) is 0 Å². The molecule has 2 aromatic rings. The third kappa shape index (κ3) is 3.19. The number of benzene rings is 2. The third-order valence-electron chi connectivity index (χ3n) is 5.16. The van der Waals surface area contributed by atoms with E-state index in [1.165, 1.54) is 12.8 Å². The summed E-state index contributed by atoms with van der Waals surface area (Å²) in [5.74, 6) is 0.979. The fourth-order valence-electron chi connectivity index (χ4n) is 3.56. The van der Waals surface area contributed by atoms with E-state index in [1.807, 2.05) is 31.0 Å². The van der Waals surface area contributed by atoms with Gasteiger partial charge < -0.3 is 9.64 Å². The summed E-state index contributed by atoms with van der Waals surface area (Å²) >= 11 is 0. The second-order valence-corrected chi connectivity index (χ2v) is 6.58. The van der Waals surface area contributed by atoms with E-state index < -0.39 is 0 Å². The number of rotatable bonds is 4. The minimum atomic E-state index is -0.105. The molecule has 23 heavy (non-hydrogen) atoms. The number of fused-ring (bicyclic) bond motifs is 1. The fraction of sp³-hybridized carbons (Fsp3) is 0.450. The summed E-state index contributed by atoms with van der Waals surface area (Å²) in [5, 5.41) is 2.28. The average molecular weight is 311 g/mol. The van der Waals surface area contributed by atoms with Crippen molar-refractivity contribution in [2.24, 2.45) is 0 Å². The predicted octanol–water partition coefficient (Wildman–Crippen LogP) is 4.35. The van der Waals surface area contributed by atoms with E-state index in [9.17, 15) is 4.79 Å². The Balaban J connectivity index is 1.82. The van der Waals surface area contributed by atoms with E-state index >= 15 is 0 Å². The highest BCUT2D eigenvalue weighted by Crippen LogP contribution is 2.28. The van der Waals surface area contributed by atoms with Gasteiger partial charge in [-0.1, -0.05) is 37.1 Å². The van der Waals surface area contributed by atoms with Crippen LogP contribution in [0.5, 0.6) is 5.75 Å². The molecule has 1 amide bonds. The lowest BCUT2D eigenvalue weighted by Gasteiger charge is -2.27. The highest BCUT2D eigenvalue weighted by atomic mass is 16.5. The van der Waals surface area contributed by atoms with Gasteiger partial charge in [0.05, 0.1) is 13.0 Å². The zero-order valence-electron chi connectivity index (χ0n) is 14.2. The smallest absolute Gasteiger partial charge is 0.229 e. The van der Waals surface area contributed by atoms with E-state index in [-0.39, 0.29) is 11.8 Å². The van der Waals surface area contributed by atoms with Gasteiger partial charge in [-0.15, -0.1) is 0 Å². The van der Waals surface area contributed by atoms with Crippen LogP contribution in [0.4, 0.5) is 0 Å². The van der Waals surface area contributed by atoms with Crippen molar-refractivity contribution in [3.8, 4) is 5.75 Å². The lowest BCUT2D eigenvalue weighted by molar-refractivity contribution is -0.133. The number of carbonyl (C=O) groups excluding carboxylic acids is 1. The number of hydrogen-bond donors (Lipinski definition) is 0. The SMILES string of the molecule is COc1ccc2cc([C@H](C)C(=O)N(C)C3CCCC3)ccc2c1. The molecule has 0 heterocycles. The van der Waals surface area contributed by atoms with Crippen LogP contribution >= 0.6 is 0 Å². The highest BCUT2D eigenvalue weighted by molar-refractivity contribution is 5.88. The number of methoxy groups -OCH3 is 1. The molecule has 2 aromatic carbocycles. The minimum Gasteiger partial charge on any atom is -0.497 e. The van der Waals surface area contributed by atoms with E-state index in [0.717, 1.165) is 34.9 Å².